The predicted molar refractivity (Wildman–Crippen MR) is 276 cm³/mol. The van der Waals surface area contributed by atoms with E-state index in [9.17, 15) is 14.0 Å². The molecular formula is C56H62F3N9O6. The number of hydrogen-bond donors (Lipinski definition) is 0. The van der Waals surface area contributed by atoms with Crippen LogP contribution in [-0.2, 0) is 22.6 Å². The van der Waals surface area contributed by atoms with Crippen LogP contribution in [0.4, 0.5) is 29.6 Å². The van der Waals surface area contributed by atoms with Crippen LogP contribution in [0.1, 0.15) is 64.0 Å². The van der Waals surface area contributed by atoms with Gasteiger partial charge in [0.1, 0.15) is 64.2 Å². The van der Waals surface area contributed by atoms with E-state index in [4.69, 9.17) is 38.9 Å². The number of aromatic nitrogens is 4. The first kappa shape index (κ1) is 50.3. The van der Waals surface area contributed by atoms with Crippen LogP contribution in [0.3, 0.4) is 0 Å². The summed E-state index contributed by atoms with van der Waals surface area (Å²) >= 11 is 0. The highest BCUT2D eigenvalue weighted by Gasteiger charge is 2.49. The number of fused-ring (bicyclic) bond motifs is 3. The van der Waals surface area contributed by atoms with Gasteiger partial charge in [0.15, 0.2) is 5.82 Å². The lowest BCUT2D eigenvalue weighted by Crippen LogP contribution is -2.51. The van der Waals surface area contributed by atoms with Gasteiger partial charge in [-0.25, -0.2) is 22.9 Å². The molecule has 0 aliphatic carbocycles. The lowest BCUT2D eigenvalue weighted by molar-refractivity contribution is -0.125. The number of likely N-dealkylation sites (tertiary alicyclic amines) is 2. The molecule has 4 fully saturated rings. The van der Waals surface area contributed by atoms with E-state index in [2.05, 4.69) is 4.90 Å². The quantitative estimate of drug-likeness (QED) is 0.0905. The zero-order valence-corrected chi connectivity index (χ0v) is 42.7. The van der Waals surface area contributed by atoms with Crippen molar-refractivity contribution in [2.24, 2.45) is 0 Å². The fourth-order valence-electron chi connectivity index (χ4n) is 10.8. The van der Waals surface area contributed by atoms with Gasteiger partial charge in [-0.2, -0.15) is 9.97 Å². The monoisotopic (exact) mass is 1010 g/mol. The van der Waals surface area contributed by atoms with Crippen molar-refractivity contribution in [1.82, 2.24) is 34.6 Å². The Balaban J connectivity index is 1.01. The molecule has 18 heteroatoms. The van der Waals surface area contributed by atoms with Gasteiger partial charge in [0.25, 0.3) is 0 Å². The number of likely N-dealkylation sites (N-methyl/N-ethyl adjacent to an activating group) is 1. The van der Waals surface area contributed by atoms with Crippen LogP contribution in [0, 0.1) is 11.6 Å². The number of alkyl halides is 1. The zero-order valence-electron chi connectivity index (χ0n) is 42.7. The number of carbonyl (C=O) groups is 2. The third kappa shape index (κ3) is 10.3. The highest BCUT2D eigenvalue weighted by atomic mass is 19.1. The molecule has 4 aliphatic heterocycles. The molecule has 0 saturated carbocycles. The minimum absolute atomic E-state index is 0.0185. The summed E-state index contributed by atoms with van der Waals surface area (Å²) in [4.78, 5) is 55.1. The molecule has 0 unspecified atom stereocenters. The normalized spacial score (nSPS) is 20.8. The van der Waals surface area contributed by atoms with E-state index in [1.807, 2.05) is 86.1 Å². The first-order chi connectivity index (χ1) is 35.6. The molecule has 15 nitrogen and oxygen atoms in total. The number of methoxy groups -OCH3 is 2. The maximum absolute atomic E-state index is 17.9. The van der Waals surface area contributed by atoms with Crippen LogP contribution < -0.4 is 24.0 Å². The Bertz CT molecular complexity index is 3040. The SMILES string of the molecule is COc1ccc(CN(Cc2ccc(OC)cc2)c2cc3cccc(F)c3c(-c3ncc4c(N(C)[C@@H]5CCN(C(=O)/C=C/[C@@H]6CCN6C(=O)OC(C)(C)C)C5)nc(OC[C@@]56CCCN5C[C@H](F)C6)nc4c3F)n2)cc1. The first-order valence-electron chi connectivity index (χ1n) is 25.3. The molecule has 0 bridgehead atoms. The van der Waals surface area contributed by atoms with E-state index in [0.717, 1.165) is 36.9 Å². The number of nitrogens with zero attached hydrogens (tertiary/aromatic N) is 9. The summed E-state index contributed by atoms with van der Waals surface area (Å²) in [5, 5.41) is 0.838. The molecule has 0 spiro atoms. The molecule has 4 saturated heterocycles. The number of amides is 2. The zero-order chi connectivity index (χ0) is 51.9. The molecule has 4 atom stereocenters. The second-order valence-corrected chi connectivity index (χ2v) is 20.8. The van der Waals surface area contributed by atoms with Crippen molar-refractivity contribution >= 4 is 45.3 Å². The van der Waals surface area contributed by atoms with Crippen molar-refractivity contribution in [2.75, 3.05) is 70.4 Å². The molecule has 0 N–H and O–H groups in total. The molecular weight excluding hydrogens is 952 g/mol. The Morgan fingerprint density at radius 1 is 0.878 bits per heavy atom. The van der Waals surface area contributed by atoms with Gasteiger partial charge in [0, 0.05) is 76.4 Å². The molecule has 2 amide bonds. The van der Waals surface area contributed by atoms with E-state index in [1.165, 1.54) is 18.3 Å². The van der Waals surface area contributed by atoms with Gasteiger partial charge in [-0.15, -0.1) is 0 Å². The maximum atomic E-state index is 17.9. The van der Waals surface area contributed by atoms with Gasteiger partial charge in [-0.3, -0.25) is 14.7 Å². The van der Waals surface area contributed by atoms with Crippen molar-refractivity contribution < 1.29 is 41.7 Å². The van der Waals surface area contributed by atoms with Crippen LogP contribution in [0.2, 0.25) is 0 Å². The average molecular weight is 1010 g/mol. The Kier molecular flexibility index (Phi) is 14.0. The molecule has 10 rings (SSSR count). The van der Waals surface area contributed by atoms with Crippen LogP contribution in [-0.4, -0.2) is 137 Å². The highest BCUT2D eigenvalue weighted by molar-refractivity contribution is 5.99. The summed E-state index contributed by atoms with van der Waals surface area (Å²) in [5.74, 6) is 0.519. The van der Waals surface area contributed by atoms with Crippen LogP contribution in [0.15, 0.2) is 91.1 Å². The van der Waals surface area contributed by atoms with Crippen LogP contribution >= 0.6 is 0 Å². The van der Waals surface area contributed by atoms with Gasteiger partial charge in [0.2, 0.25) is 5.91 Å². The Labute approximate surface area is 428 Å². The molecule has 4 aliphatic rings. The molecule has 3 aromatic heterocycles. The molecule has 3 aromatic carbocycles. The number of halogens is 3. The highest BCUT2D eigenvalue weighted by Crippen LogP contribution is 2.42. The standard InChI is InChI=1S/C56H62F3N9O6/c1-55(2,3)74-54(70)68-26-22-39(68)15-20-46(69)65-25-21-40(33-65)64(4)52-43-29-60-51(48(59)49(43)62-53(63-52)73-34-56-23-8-24-67(56)32-38(57)28-56)50-47-37(9-7-10-44(47)58)27-45(61-50)66(30-35-11-16-41(71-5)17-12-35)31-36-13-18-42(72-6)19-14-36/h7,9-20,27,29,38-40H,8,21-26,28,30-34H2,1-6H3/b20-15+/t38-,39-,40-,56+/m1/s1. The Morgan fingerprint density at radius 3 is 2.26 bits per heavy atom. The predicted octanol–water partition coefficient (Wildman–Crippen LogP) is 9.30. The number of ether oxygens (including phenoxy) is 4. The van der Waals surface area contributed by atoms with Crippen molar-refractivity contribution in [3.8, 4) is 28.9 Å². The fourth-order valence-corrected chi connectivity index (χ4v) is 10.8. The number of carbonyl (C=O) groups excluding carboxylic acids is 2. The summed E-state index contributed by atoms with van der Waals surface area (Å²) < 4.78 is 71.9. The second-order valence-electron chi connectivity index (χ2n) is 20.8. The van der Waals surface area contributed by atoms with Gasteiger partial charge in [0.05, 0.1) is 31.2 Å². The molecule has 6 aromatic rings. The number of rotatable bonds is 15. The molecule has 0 radical (unpaired) electrons. The largest absolute Gasteiger partial charge is 0.497 e. The number of anilines is 2. The Morgan fingerprint density at radius 2 is 1.59 bits per heavy atom. The number of hydrogen-bond acceptors (Lipinski definition) is 13. The topological polar surface area (TPSA) is 139 Å². The van der Waals surface area contributed by atoms with Crippen LogP contribution in [0.5, 0.6) is 17.5 Å². The van der Waals surface area contributed by atoms with E-state index < -0.39 is 35.0 Å². The summed E-state index contributed by atoms with van der Waals surface area (Å²) in [6.07, 6.45) is 6.58. The van der Waals surface area contributed by atoms with Crippen molar-refractivity contribution in [1.29, 1.82) is 0 Å². The lowest BCUT2D eigenvalue weighted by atomic mass is 9.95. The molecule has 7 heterocycles. The first-order valence-corrected chi connectivity index (χ1v) is 25.3. The molecule has 74 heavy (non-hydrogen) atoms. The van der Waals surface area contributed by atoms with Gasteiger partial charge < -0.3 is 38.5 Å². The minimum Gasteiger partial charge on any atom is -0.497 e. The third-order valence-corrected chi connectivity index (χ3v) is 14.8. The van der Waals surface area contributed by atoms with Gasteiger partial charge >= 0.3 is 12.1 Å². The second kappa shape index (κ2) is 20.6. The lowest BCUT2D eigenvalue weighted by Gasteiger charge is -2.39. The Hall–Kier alpha value is -7.21. The number of pyridine rings is 2. The molecule has 388 valence electrons. The average Bonchev–Trinajstić information content (AvgIpc) is 4.10. The minimum atomic E-state index is -0.994. The number of benzene rings is 3. The van der Waals surface area contributed by atoms with E-state index in [0.29, 0.717) is 80.6 Å². The van der Waals surface area contributed by atoms with E-state index >= 15 is 8.78 Å². The summed E-state index contributed by atoms with van der Waals surface area (Å²) in [6.45, 7) is 8.71. The fraction of sp³-hybridized carbons (Fsp3) is 0.429. The van der Waals surface area contributed by atoms with E-state index in [-0.39, 0.29) is 58.3 Å². The maximum Gasteiger partial charge on any atom is 0.410 e. The van der Waals surface area contributed by atoms with Gasteiger partial charge in [-0.1, -0.05) is 42.5 Å². The summed E-state index contributed by atoms with van der Waals surface area (Å²) in [5.41, 5.74) is 0.359. The third-order valence-electron chi connectivity index (χ3n) is 14.8. The van der Waals surface area contributed by atoms with Crippen molar-refractivity contribution in [3.63, 3.8) is 0 Å². The van der Waals surface area contributed by atoms with Gasteiger partial charge in [-0.05, 0) is 106 Å². The van der Waals surface area contributed by atoms with Crippen LogP contribution in [0.25, 0.3) is 33.1 Å². The summed E-state index contributed by atoms with van der Waals surface area (Å²) in [7, 11) is 5.05. The smallest absolute Gasteiger partial charge is 0.410 e. The van der Waals surface area contributed by atoms with Crippen molar-refractivity contribution in [2.45, 2.75) is 95.4 Å². The van der Waals surface area contributed by atoms with E-state index in [1.54, 1.807) is 48.3 Å². The summed E-state index contributed by atoms with van der Waals surface area (Å²) in [6, 6.07) is 21.2. The van der Waals surface area contributed by atoms with Crippen molar-refractivity contribution in [3.05, 3.63) is 114 Å².